The average Bonchev–Trinajstić information content (AvgIpc) is 2.29. The van der Waals surface area contributed by atoms with Crippen molar-refractivity contribution in [3.05, 3.63) is 22.2 Å². The maximum Gasteiger partial charge on any atom is 0.223 e. The lowest BCUT2D eigenvalue weighted by molar-refractivity contribution is 0.0251. The molecule has 2 heterocycles. The largest absolute Gasteiger partial charge is 0.372 e. The Kier molecular flexibility index (Phi) is 6.44. The van der Waals surface area contributed by atoms with Crippen molar-refractivity contribution in [2.75, 3.05) is 13.1 Å². The molecule has 0 bridgehead atoms. The van der Waals surface area contributed by atoms with E-state index in [0.717, 1.165) is 31.5 Å². The van der Waals surface area contributed by atoms with E-state index in [1.165, 1.54) is 0 Å². The van der Waals surface area contributed by atoms with E-state index in [2.05, 4.69) is 15.3 Å². The summed E-state index contributed by atoms with van der Waals surface area (Å²) in [4.78, 5) is 7.74. The minimum Gasteiger partial charge on any atom is -0.372 e. The van der Waals surface area contributed by atoms with Crippen LogP contribution in [0.4, 0.5) is 0 Å². The van der Waals surface area contributed by atoms with Crippen molar-refractivity contribution in [1.29, 1.82) is 0 Å². The lowest BCUT2D eigenvalue weighted by Gasteiger charge is -2.23. The van der Waals surface area contributed by atoms with Gasteiger partial charge in [-0.3, -0.25) is 0 Å². The highest BCUT2D eigenvalue weighted by molar-refractivity contribution is 6.32. The molecule has 96 valence electrons. The molecule has 1 N–H and O–H groups in total. The summed E-state index contributed by atoms with van der Waals surface area (Å²) in [6, 6.07) is 0. The molecule has 1 aliphatic heterocycles. The monoisotopic (exact) mass is 297 g/mol. The van der Waals surface area contributed by atoms with Gasteiger partial charge in [-0.05, 0) is 31.0 Å². The number of ether oxygens (including phenoxy) is 1. The van der Waals surface area contributed by atoms with E-state index in [4.69, 9.17) is 27.9 Å². The Morgan fingerprint density at radius 2 is 2.29 bits per heavy atom. The molecule has 1 fully saturated rings. The summed E-state index contributed by atoms with van der Waals surface area (Å²) in [6.45, 7) is 2.40. The molecule has 1 atom stereocenters. The SMILES string of the molecule is Cl.Clc1ncc(COC2CCCNC2)c(Cl)n1. The molecule has 1 saturated heterocycles. The van der Waals surface area contributed by atoms with Gasteiger partial charge in [-0.1, -0.05) is 11.6 Å². The Morgan fingerprint density at radius 1 is 1.47 bits per heavy atom. The van der Waals surface area contributed by atoms with Crippen LogP contribution in [0.5, 0.6) is 0 Å². The molecule has 0 spiro atoms. The van der Waals surface area contributed by atoms with Crippen molar-refractivity contribution in [3.63, 3.8) is 0 Å². The number of nitrogens with one attached hydrogen (secondary N) is 1. The van der Waals surface area contributed by atoms with Crippen molar-refractivity contribution in [1.82, 2.24) is 15.3 Å². The molecule has 0 saturated carbocycles. The summed E-state index contributed by atoms with van der Waals surface area (Å²) in [7, 11) is 0. The Balaban J connectivity index is 0.00000144. The van der Waals surface area contributed by atoms with Gasteiger partial charge in [0.2, 0.25) is 5.28 Å². The molecule has 0 radical (unpaired) electrons. The third-order valence-electron chi connectivity index (χ3n) is 2.51. The van der Waals surface area contributed by atoms with Gasteiger partial charge in [-0.15, -0.1) is 12.4 Å². The normalized spacial score (nSPS) is 19.8. The Labute approximate surface area is 116 Å². The van der Waals surface area contributed by atoms with Crippen LogP contribution in [-0.2, 0) is 11.3 Å². The zero-order valence-electron chi connectivity index (χ0n) is 9.16. The molecule has 1 aromatic rings. The summed E-state index contributed by atoms with van der Waals surface area (Å²) in [6.07, 6.45) is 4.09. The zero-order chi connectivity index (χ0) is 11.4. The molecular weight excluding hydrogens is 284 g/mol. The smallest absolute Gasteiger partial charge is 0.223 e. The van der Waals surface area contributed by atoms with E-state index in [1.54, 1.807) is 6.20 Å². The van der Waals surface area contributed by atoms with Gasteiger partial charge in [-0.25, -0.2) is 9.97 Å². The second-order valence-corrected chi connectivity index (χ2v) is 4.43. The second-order valence-electron chi connectivity index (χ2n) is 3.73. The standard InChI is InChI=1S/C10H13Cl2N3O.ClH/c11-9-7(4-14-10(12)15-9)6-16-8-2-1-3-13-5-8;/h4,8,13H,1-3,5-6H2;1H. The molecular formula is C10H14Cl3N3O. The van der Waals surface area contributed by atoms with Crippen molar-refractivity contribution in [3.8, 4) is 0 Å². The van der Waals surface area contributed by atoms with Gasteiger partial charge in [-0.2, -0.15) is 0 Å². The third kappa shape index (κ3) is 4.56. The molecule has 2 rings (SSSR count). The van der Waals surface area contributed by atoms with Crippen LogP contribution >= 0.6 is 35.6 Å². The molecule has 0 amide bonds. The zero-order valence-corrected chi connectivity index (χ0v) is 11.5. The van der Waals surface area contributed by atoms with E-state index in [-0.39, 0.29) is 23.8 Å². The van der Waals surface area contributed by atoms with E-state index in [0.29, 0.717) is 11.8 Å². The van der Waals surface area contributed by atoms with Crippen molar-refractivity contribution >= 4 is 35.6 Å². The number of aromatic nitrogens is 2. The summed E-state index contributed by atoms with van der Waals surface area (Å²) >= 11 is 11.5. The first-order chi connectivity index (χ1) is 7.75. The average molecular weight is 299 g/mol. The van der Waals surface area contributed by atoms with Crippen LogP contribution in [0.1, 0.15) is 18.4 Å². The summed E-state index contributed by atoms with van der Waals surface area (Å²) in [5.41, 5.74) is 0.775. The highest BCUT2D eigenvalue weighted by Gasteiger charge is 2.14. The van der Waals surface area contributed by atoms with Gasteiger partial charge in [0.25, 0.3) is 0 Å². The number of hydrogen-bond acceptors (Lipinski definition) is 4. The fourth-order valence-corrected chi connectivity index (χ4v) is 1.99. The van der Waals surface area contributed by atoms with Crippen LogP contribution < -0.4 is 5.32 Å². The van der Waals surface area contributed by atoms with Crippen LogP contribution in [0.15, 0.2) is 6.20 Å². The van der Waals surface area contributed by atoms with Crippen LogP contribution in [0.25, 0.3) is 0 Å². The van der Waals surface area contributed by atoms with Crippen LogP contribution in [0.3, 0.4) is 0 Å². The lowest BCUT2D eigenvalue weighted by atomic mass is 10.1. The first-order valence-electron chi connectivity index (χ1n) is 5.25. The summed E-state index contributed by atoms with van der Waals surface area (Å²) in [5.74, 6) is 0. The van der Waals surface area contributed by atoms with Crippen LogP contribution in [-0.4, -0.2) is 29.2 Å². The van der Waals surface area contributed by atoms with E-state index in [9.17, 15) is 0 Å². The number of rotatable bonds is 3. The summed E-state index contributed by atoms with van der Waals surface area (Å²) in [5, 5.41) is 3.81. The minimum absolute atomic E-state index is 0. The maximum atomic E-state index is 5.92. The fraction of sp³-hybridized carbons (Fsp3) is 0.600. The molecule has 0 aliphatic carbocycles. The third-order valence-corrected chi connectivity index (χ3v) is 3.02. The first-order valence-corrected chi connectivity index (χ1v) is 6.00. The van der Waals surface area contributed by atoms with Crippen molar-refractivity contribution < 1.29 is 4.74 Å². The van der Waals surface area contributed by atoms with E-state index < -0.39 is 0 Å². The van der Waals surface area contributed by atoms with Gasteiger partial charge in [0.05, 0.1) is 12.7 Å². The Hall–Kier alpha value is -0.130. The van der Waals surface area contributed by atoms with Crippen molar-refractivity contribution in [2.45, 2.75) is 25.6 Å². The second kappa shape index (κ2) is 7.34. The van der Waals surface area contributed by atoms with Gasteiger partial charge in [0, 0.05) is 18.3 Å². The molecule has 1 unspecified atom stereocenters. The predicted molar refractivity (Wildman–Crippen MR) is 70.0 cm³/mol. The van der Waals surface area contributed by atoms with Gasteiger partial charge >= 0.3 is 0 Å². The van der Waals surface area contributed by atoms with Crippen molar-refractivity contribution in [2.24, 2.45) is 0 Å². The Morgan fingerprint density at radius 3 is 2.94 bits per heavy atom. The quantitative estimate of drug-likeness (QED) is 0.688. The van der Waals surface area contributed by atoms with Gasteiger partial charge in [0.1, 0.15) is 5.15 Å². The molecule has 1 aromatic heterocycles. The number of halogens is 3. The number of nitrogens with zero attached hydrogens (tertiary/aromatic N) is 2. The van der Waals surface area contributed by atoms with E-state index in [1.807, 2.05) is 0 Å². The Bertz CT molecular complexity index is 359. The highest BCUT2D eigenvalue weighted by Crippen LogP contribution is 2.17. The minimum atomic E-state index is 0. The number of hydrogen-bond donors (Lipinski definition) is 1. The predicted octanol–water partition coefficient (Wildman–Crippen LogP) is 2.47. The van der Waals surface area contributed by atoms with Gasteiger partial charge < -0.3 is 10.1 Å². The molecule has 0 aromatic carbocycles. The molecule has 1 aliphatic rings. The number of piperidine rings is 1. The van der Waals surface area contributed by atoms with Gasteiger partial charge in [0.15, 0.2) is 0 Å². The molecule has 4 nitrogen and oxygen atoms in total. The molecule has 17 heavy (non-hydrogen) atoms. The fourth-order valence-electron chi connectivity index (χ4n) is 1.63. The summed E-state index contributed by atoms with van der Waals surface area (Å²) < 4.78 is 5.72. The first kappa shape index (κ1) is 14.9. The lowest BCUT2D eigenvalue weighted by Crippen LogP contribution is -2.35. The van der Waals surface area contributed by atoms with E-state index >= 15 is 0 Å². The highest BCUT2D eigenvalue weighted by atomic mass is 35.5. The van der Waals surface area contributed by atoms with Crippen LogP contribution in [0.2, 0.25) is 10.4 Å². The maximum absolute atomic E-state index is 5.92. The molecule has 7 heteroatoms. The topological polar surface area (TPSA) is 47.0 Å². The van der Waals surface area contributed by atoms with Crippen LogP contribution in [0, 0.1) is 0 Å².